The number of piperidine rings is 1. The van der Waals surface area contributed by atoms with Crippen molar-refractivity contribution in [2.75, 3.05) is 13.1 Å². The van der Waals surface area contributed by atoms with Crippen LogP contribution in [0.4, 0.5) is 0 Å². The number of imidazole rings is 1. The minimum Gasteiger partial charge on any atom is -0.339 e. The van der Waals surface area contributed by atoms with Crippen LogP contribution in [0.15, 0.2) is 29.0 Å². The molecule has 130 valence electrons. The maximum absolute atomic E-state index is 5.45. The van der Waals surface area contributed by atoms with E-state index in [1.165, 1.54) is 24.8 Å². The van der Waals surface area contributed by atoms with Gasteiger partial charge in [0.05, 0.1) is 5.69 Å². The molecule has 1 aliphatic heterocycles. The highest BCUT2D eigenvalue weighted by molar-refractivity contribution is 5.47. The van der Waals surface area contributed by atoms with Crippen molar-refractivity contribution in [2.45, 2.75) is 51.0 Å². The molecule has 0 bridgehead atoms. The normalized spacial score (nSPS) is 21.9. The second-order valence-electron chi connectivity index (χ2n) is 7.49. The van der Waals surface area contributed by atoms with Crippen LogP contribution in [-0.2, 0) is 6.54 Å². The Bertz CT molecular complexity index is 894. The first-order valence-corrected chi connectivity index (χ1v) is 9.25. The third-order valence-corrected chi connectivity index (χ3v) is 5.37. The van der Waals surface area contributed by atoms with Gasteiger partial charge >= 0.3 is 0 Å². The highest BCUT2D eigenvalue weighted by Crippen LogP contribution is 2.39. The van der Waals surface area contributed by atoms with Gasteiger partial charge in [0.15, 0.2) is 5.82 Å². The molecule has 0 amide bonds. The summed E-state index contributed by atoms with van der Waals surface area (Å²) in [6.45, 7) is 5.08. The van der Waals surface area contributed by atoms with Gasteiger partial charge in [-0.1, -0.05) is 11.2 Å². The molecule has 0 N–H and O–H groups in total. The summed E-state index contributed by atoms with van der Waals surface area (Å²) >= 11 is 0. The molecule has 2 aliphatic rings. The third kappa shape index (κ3) is 2.95. The first kappa shape index (κ1) is 15.1. The lowest BCUT2D eigenvalue weighted by atomic mass is 9.97. The zero-order chi connectivity index (χ0) is 16.8. The summed E-state index contributed by atoms with van der Waals surface area (Å²) in [5, 5.41) is 4.26. The number of fused-ring (bicyclic) bond motifs is 1. The van der Waals surface area contributed by atoms with Crippen LogP contribution in [0.2, 0.25) is 0 Å². The smallest absolute Gasteiger partial charge is 0.229 e. The Hall–Kier alpha value is -2.21. The van der Waals surface area contributed by atoms with Crippen molar-refractivity contribution in [1.29, 1.82) is 0 Å². The molecule has 6 nitrogen and oxygen atoms in total. The molecule has 0 aromatic carbocycles. The van der Waals surface area contributed by atoms with E-state index in [4.69, 9.17) is 9.51 Å². The number of rotatable bonds is 4. The molecule has 6 heteroatoms. The summed E-state index contributed by atoms with van der Waals surface area (Å²) < 4.78 is 7.57. The maximum atomic E-state index is 5.45. The van der Waals surface area contributed by atoms with Gasteiger partial charge < -0.3 is 8.92 Å². The zero-order valence-corrected chi connectivity index (χ0v) is 14.6. The van der Waals surface area contributed by atoms with Gasteiger partial charge in [-0.3, -0.25) is 4.90 Å². The van der Waals surface area contributed by atoms with E-state index in [2.05, 4.69) is 50.9 Å². The van der Waals surface area contributed by atoms with Gasteiger partial charge in [-0.2, -0.15) is 4.98 Å². The number of hydrogen-bond donors (Lipinski definition) is 0. The van der Waals surface area contributed by atoms with Gasteiger partial charge in [0.1, 0.15) is 5.65 Å². The zero-order valence-electron chi connectivity index (χ0n) is 14.6. The predicted octanol–water partition coefficient (Wildman–Crippen LogP) is 3.28. The lowest BCUT2D eigenvalue weighted by molar-refractivity contribution is 0.193. The van der Waals surface area contributed by atoms with Gasteiger partial charge in [-0.25, -0.2) is 4.98 Å². The van der Waals surface area contributed by atoms with Gasteiger partial charge in [0.2, 0.25) is 5.89 Å². The molecule has 3 aromatic heterocycles. The second-order valence-corrected chi connectivity index (χ2v) is 7.49. The number of nitrogens with zero attached hydrogens (tertiary/aromatic N) is 5. The van der Waals surface area contributed by atoms with Crippen LogP contribution in [0.3, 0.4) is 0 Å². The largest absolute Gasteiger partial charge is 0.339 e. The van der Waals surface area contributed by atoms with Crippen molar-refractivity contribution in [2.24, 2.45) is 0 Å². The van der Waals surface area contributed by atoms with E-state index in [-0.39, 0.29) is 0 Å². The summed E-state index contributed by atoms with van der Waals surface area (Å²) in [6.07, 6.45) is 8.92. The van der Waals surface area contributed by atoms with Crippen molar-refractivity contribution >= 4 is 5.65 Å². The van der Waals surface area contributed by atoms with E-state index < -0.39 is 0 Å². The molecule has 4 heterocycles. The fourth-order valence-electron chi connectivity index (χ4n) is 3.83. The number of aryl methyl sites for hydroxylation is 1. The van der Waals surface area contributed by atoms with Gasteiger partial charge in [0, 0.05) is 37.3 Å². The Morgan fingerprint density at radius 3 is 2.96 bits per heavy atom. The highest BCUT2D eigenvalue weighted by Gasteiger charge is 2.32. The fraction of sp³-hybridized carbons (Fsp3) is 0.526. The quantitative estimate of drug-likeness (QED) is 0.731. The van der Waals surface area contributed by atoms with Crippen molar-refractivity contribution in [3.8, 4) is 0 Å². The van der Waals surface area contributed by atoms with E-state index in [1.54, 1.807) is 0 Å². The number of aromatic nitrogens is 4. The van der Waals surface area contributed by atoms with Gasteiger partial charge in [0.25, 0.3) is 0 Å². The van der Waals surface area contributed by atoms with Crippen molar-refractivity contribution < 1.29 is 4.52 Å². The number of likely N-dealkylation sites (tertiary alicyclic amines) is 1. The molecule has 1 saturated carbocycles. The van der Waals surface area contributed by atoms with E-state index in [0.29, 0.717) is 11.8 Å². The standard InChI is InChI=1S/C19H23N5O/c1-13-4-2-9-24-12-16(20-18(13)24)11-23-8-3-5-15(10-23)17-21-19(25-22-17)14-6-7-14/h2,4,9,12,14-15H,3,5-8,10-11H2,1H3. The molecule has 0 radical (unpaired) electrons. The first-order chi connectivity index (χ1) is 12.3. The van der Waals surface area contributed by atoms with Gasteiger partial charge in [-0.15, -0.1) is 0 Å². The van der Waals surface area contributed by atoms with Crippen LogP contribution in [-0.4, -0.2) is 37.5 Å². The van der Waals surface area contributed by atoms with Crippen LogP contribution in [0.5, 0.6) is 0 Å². The Morgan fingerprint density at radius 1 is 1.20 bits per heavy atom. The lowest BCUT2D eigenvalue weighted by Crippen LogP contribution is -2.34. The molecule has 1 saturated heterocycles. The molecule has 1 atom stereocenters. The SMILES string of the molecule is Cc1cccn2cc(CN3CCCC(c4noc(C5CC5)n4)C3)nc12. The fourth-order valence-corrected chi connectivity index (χ4v) is 3.83. The summed E-state index contributed by atoms with van der Waals surface area (Å²) in [6, 6.07) is 4.18. The van der Waals surface area contributed by atoms with Crippen molar-refractivity contribution in [3.63, 3.8) is 0 Å². The Kier molecular flexibility index (Phi) is 3.59. The molecular formula is C19H23N5O. The average Bonchev–Trinajstić information content (AvgIpc) is 3.19. The molecule has 1 unspecified atom stereocenters. The Morgan fingerprint density at radius 2 is 2.12 bits per heavy atom. The second kappa shape index (κ2) is 5.95. The molecule has 2 fully saturated rings. The van der Waals surface area contributed by atoms with Crippen LogP contribution < -0.4 is 0 Å². The summed E-state index contributed by atoms with van der Waals surface area (Å²) in [5.74, 6) is 2.66. The van der Waals surface area contributed by atoms with Crippen LogP contribution in [0.1, 0.15) is 60.5 Å². The van der Waals surface area contributed by atoms with E-state index >= 15 is 0 Å². The topological polar surface area (TPSA) is 59.5 Å². The van der Waals surface area contributed by atoms with E-state index in [1.807, 2.05) is 0 Å². The minimum atomic E-state index is 0.378. The minimum absolute atomic E-state index is 0.378. The van der Waals surface area contributed by atoms with E-state index in [0.717, 1.165) is 49.1 Å². The lowest BCUT2D eigenvalue weighted by Gasteiger charge is -2.30. The first-order valence-electron chi connectivity index (χ1n) is 9.25. The summed E-state index contributed by atoms with van der Waals surface area (Å²) in [7, 11) is 0. The van der Waals surface area contributed by atoms with Crippen LogP contribution >= 0.6 is 0 Å². The van der Waals surface area contributed by atoms with Crippen molar-refractivity contribution in [1.82, 2.24) is 24.4 Å². The number of hydrogen-bond acceptors (Lipinski definition) is 5. The molecular weight excluding hydrogens is 314 g/mol. The Balaban J connectivity index is 1.30. The predicted molar refractivity (Wildman–Crippen MR) is 93.5 cm³/mol. The molecule has 0 spiro atoms. The maximum Gasteiger partial charge on any atom is 0.229 e. The molecule has 25 heavy (non-hydrogen) atoms. The average molecular weight is 337 g/mol. The molecule has 1 aliphatic carbocycles. The monoisotopic (exact) mass is 337 g/mol. The Labute approximate surface area is 146 Å². The van der Waals surface area contributed by atoms with Crippen molar-refractivity contribution in [3.05, 3.63) is 47.5 Å². The summed E-state index contributed by atoms with van der Waals surface area (Å²) in [5.41, 5.74) is 3.39. The molecule has 3 aromatic rings. The summed E-state index contributed by atoms with van der Waals surface area (Å²) in [4.78, 5) is 11.9. The van der Waals surface area contributed by atoms with Crippen LogP contribution in [0.25, 0.3) is 5.65 Å². The van der Waals surface area contributed by atoms with Crippen LogP contribution in [0, 0.1) is 6.92 Å². The third-order valence-electron chi connectivity index (χ3n) is 5.37. The molecule has 5 rings (SSSR count). The highest BCUT2D eigenvalue weighted by atomic mass is 16.5. The van der Waals surface area contributed by atoms with Gasteiger partial charge in [-0.05, 0) is 50.8 Å². The van der Waals surface area contributed by atoms with E-state index in [9.17, 15) is 0 Å². The number of pyridine rings is 1.